The third kappa shape index (κ3) is 4.67. The lowest BCUT2D eigenvalue weighted by molar-refractivity contribution is -0.121. The second-order valence-electron chi connectivity index (χ2n) is 3.94. The van der Waals surface area contributed by atoms with Crippen molar-refractivity contribution in [3.63, 3.8) is 0 Å². The number of hydrogen-bond acceptors (Lipinski definition) is 4. The molecular formula is C14H18O4. The monoisotopic (exact) mass is 250 g/mol. The van der Waals surface area contributed by atoms with Gasteiger partial charge in [-0.1, -0.05) is 6.92 Å². The Kier molecular flexibility index (Phi) is 6.08. The van der Waals surface area contributed by atoms with Gasteiger partial charge in [-0.25, -0.2) is 0 Å². The quantitative estimate of drug-likeness (QED) is 0.524. The summed E-state index contributed by atoms with van der Waals surface area (Å²) in [6.07, 6.45) is 0.815. The fourth-order valence-electron chi connectivity index (χ4n) is 1.45. The number of ether oxygens (including phenoxy) is 2. The van der Waals surface area contributed by atoms with Gasteiger partial charge in [0.25, 0.3) is 0 Å². The predicted octanol–water partition coefficient (Wildman–Crippen LogP) is 2.26. The molecule has 1 aromatic carbocycles. The van der Waals surface area contributed by atoms with Crippen molar-refractivity contribution in [1.82, 2.24) is 0 Å². The van der Waals surface area contributed by atoms with E-state index < -0.39 is 0 Å². The molecule has 4 heteroatoms. The van der Waals surface area contributed by atoms with Crippen LogP contribution in [0.1, 0.15) is 30.1 Å². The molecule has 4 nitrogen and oxygen atoms in total. The second-order valence-corrected chi connectivity index (χ2v) is 3.94. The number of hydrogen-bond donors (Lipinski definition) is 0. The molecule has 18 heavy (non-hydrogen) atoms. The molecule has 0 saturated carbocycles. The van der Waals surface area contributed by atoms with Crippen molar-refractivity contribution in [2.45, 2.75) is 19.8 Å². The molecule has 0 aromatic heterocycles. The molecule has 1 rings (SSSR count). The predicted molar refractivity (Wildman–Crippen MR) is 68.1 cm³/mol. The van der Waals surface area contributed by atoms with E-state index >= 15 is 0 Å². The van der Waals surface area contributed by atoms with Crippen molar-refractivity contribution >= 4 is 11.6 Å². The van der Waals surface area contributed by atoms with Gasteiger partial charge in [0.15, 0.2) is 11.6 Å². The average Bonchev–Trinajstić information content (AvgIpc) is 2.37. The first-order chi connectivity index (χ1) is 8.67. The maximum atomic E-state index is 11.7. The van der Waals surface area contributed by atoms with Crippen LogP contribution in [-0.2, 0) is 9.53 Å². The highest BCUT2D eigenvalue weighted by atomic mass is 16.5. The number of Topliss-reactive ketones (excluding diaryl/α,β-unsaturated/α-hetero) is 2. The molecule has 0 radical (unpaired) electrons. The highest BCUT2D eigenvalue weighted by Gasteiger charge is 2.11. The van der Waals surface area contributed by atoms with Gasteiger partial charge in [0, 0.05) is 12.7 Å². The summed E-state index contributed by atoms with van der Waals surface area (Å²) < 4.78 is 10.1. The van der Waals surface area contributed by atoms with Gasteiger partial charge >= 0.3 is 0 Å². The standard InChI is InChI=1S/C14H18O4/c1-3-8-18-13-6-4-11(5-7-13)14(16)9-12(15)10-17-2/h4-7H,3,8-10H2,1-2H3. The SMILES string of the molecule is CCCOc1ccc(C(=O)CC(=O)COC)cc1. The number of carbonyl (C=O) groups excluding carboxylic acids is 2. The lowest BCUT2D eigenvalue weighted by Gasteiger charge is -2.05. The summed E-state index contributed by atoms with van der Waals surface area (Å²) in [7, 11) is 1.43. The first kappa shape index (κ1) is 14.4. The van der Waals surface area contributed by atoms with Crippen molar-refractivity contribution in [2.75, 3.05) is 20.3 Å². The van der Waals surface area contributed by atoms with E-state index in [1.807, 2.05) is 6.92 Å². The lowest BCUT2D eigenvalue weighted by atomic mass is 10.1. The largest absolute Gasteiger partial charge is 0.494 e. The minimum Gasteiger partial charge on any atom is -0.494 e. The average molecular weight is 250 g/mol. The Bertz CT molecular complexity index is 395. The number of benzene rings is 1. The Labute approximate surface area is 107 Å². The molecule has 0 unspecified atom stereocenters. The number of rotatable bonds is 8. The Morgan fingerprint density at radius 2 is 1.83 bits per heavy atom. The molecule has 0 spiro atoms. The molecule has 0 heterocycles. The Balaban J connectivity index is 2.56. The topological polar surface area (TPSA) is 52.6 Å². The zero-order chi connectivity index (χ0) is 13.4. The molecule has 0 amide bonds. The fraction of sp³-hybridized carbons (Fsp3) is 0.429. The van der Waals surface area contributed by atoms with Gasteiger partial charge in [-0.3, -0.25) is 9.59 Å². The third-order valence-electron chi connectivity index (χ3n) is 2.31. The van der Waals surface area contributed by atoms with Crippen molar-refractivity contribution in [1.29, 1.82) is 0 Å². The van der Waals surface area contributed by atoms with Crippen LogP contribution in [0.25, 0.3) is 0 Å². The molecule has 0 saturated heterocycles. The molecule has 0 atom stereocenters. The van der Waals surface area contributed by atoms with E-state index in [1.54, 1.807) is 24.3 Å². The van der Waals surface area contributed by atoms with E-state index in [1.165, 1.54) is 7.11 Å². The molecule has 0 N–H and O–H groups in total. The van der Waals surface area contributed by atoms with Crippen LogP contribution < -0.4 is 4.74 Å². The van der Waals surface area contributed by atoms with E-state index in [9.17, 15) is 9.59 Å². The zero-order valence-corrected chi connectivity index (χ0v) is 10.8. The van der Waals surface area contributed by atoms with Crippen molar-refractivity contribution < 1.29 is 19.1 Å². The highest BCUT2D eigenvalue weighted by molar-refractivity contribution is 6.08. The molecule has 1 aromatic rings. The van der Waals surface area contributed by atoms with Gasteiger partial charge in [-0.2, -0.15) is 0 Å². The first-order valence-corrected chi connectivity index (χ1v) is 5.94. The molecule has 98 valence electrons. The molecule has 0 aliphatic heterocycles. The molecule has 0 bridgehead atoms. The maximum Gasteiger partial charge on any atom is 0.170 e. The van der Waals surface area contributed by atoms with Crippen molar-refractivity contribution in [2.24, 2.45) is 0 Å². The van der Waals surface area contributed by atoms with Crippen LogP contribution in [0, 0.1) is 0 Å². The van der Waals surface area contributed by atoms with Crippen LogP contribution in [0.4, 0.5) is 0 Å². The van der Waals surface area contributed by atoms with Crippen LogP contribution >= 0.6 is 0 Å². The number of carbonyl (C=O) groups is 2. The summed E-state index contributed by atoms with van der Waals surface area (Å²) >= 11 is 0. The summed E-state index contributed by atoms with van der Waals surface area (Å²) in [6, 6.07) is 6.83. The van der Waals surface area contributed by atoms with Crippen LogP contribution in [0.5, 0.6) is 5.75 Å². The van der Waals surface area contributed by atoms with Crippen LogP contribution in [-0.4, -0.2) is 31.9 Å². The summed E-state index contributed by atoms with van der Waals surface area (Å²) in [5, 5.41) is 0. The second kappa shape index (κ2) is 7.61. The van der Waals surface area contributed by atoms with Crippen LogP contribution in [0.2, 0.25) is 0 Å². The van der Waals surface area contributed by atoms with Crippen molar-refractivity contribution in [3.8, 4) is 5.75 Å². The van der Waals surface area contributed by atoms with Crippen molar-refractivity contribution in [3.05, 3.63) is 29.8 Å². The van der Waals surface area contributed by atoms with E-state index in [0.29, 0.717) is 12.2 Å². The highest BCUT2D eigenvalue weighted by Crippen LogP contribution is 2.13. The van der Waals surface area contributed by atoms with E-state index in [-0.39, 0.29) is 24.6 Å². The number of ketones is 2. The molecule has 0 fully saturated rings. The van der Waals surface area contributed by atoms with Gasteiger partial charge < -0.3 is 9.47 Å². The molecular weight excluding hydrogens is 232 g/mol. The Morgan fingerprint density at radius 3 is 2.39 bits per heavy atom. The minimum absolute atomic E-state index is 0.0244. The van der Waals surface area contributed by atoms with Gasteiger partial charge in [0.2, 0.25) is 0 Å². The van der Waals surface area contributed by atoms with E-state index in [0.717, 1.165) is 12.2 Å². The summed E-state index contributed by atoms with van der Waals surface area (Å²) in [5.41, 5.74) is 0.517. The molecule has 0 aliphatic rings. The van der Waals surface area contributed by atoms with Gasteiger partial charge in [-0.05, 0) is 30.7 Å². The molecule has 0 aliphatic carbocycles. The van der Waals surface area contributed by atoms with Gasteiger partial charge in [-0.15, -0.1) is 0 Å². The van der Waals surface area contributed by atoms with Gasteiger partial charge in [0.1, 0.15) is 12.4 Å². The normalized spacial score (nSPS) is 10.1. The lowest BCUT2D eigenvalue weighted by Crippen LogP contribution is -2.12. The van der Waals surface area contributed by atoms with E-state index in [4.69, 9.17) is 4.74 Å². The van der Waals surface area contributed by atoms with Crippen LogP contribution in [0.15, 0.2) is 24.3 Å². The maximum absolute atomic E-state index is 11.7. The third-order valence-corrected chi connectivity index (χ3v) is 2.31. The summed E-state index contributed by atoms with van der Waals surface area (Å²) in [6.45, 7) is 2.66. The van der Waals surface area contributed by atoms with Crippen LogP contribution in [0.3, 0.4) is 0 Å². The minimum atomic E-state index is -0.214. The zero-order valence-electron chi connectivity index (χ0n) is 10.8. The van der Waals surface area contributed by atoms with Gasteiger partial charge in [0.05, 0.1) is 13.0 Å². The fourth-order valence-corrected chi connectivity index (χ4v) is 1.45. The Morgan fingerprint density at radius 1 is 1.17 bits per heavy atom. The number of methoxy groups -OCH3 is 1. The first-order valence-electron chi connectivity index (χ1n) is 5.94. The van der Waals surface area contributed by atoms with E-state index in [2.05, 4.69) is 4.74 Å². The Hall–Kier alpha value is -1.68. The summed E-state index contributed by atoms with van der Waals surface area (Å²) in [5.74, 6) is 0.324. The smallest absolute Gasteiger partial charge is 0.170 e. The summed E-state index contributed by atoms with van der Waals surface area (Å²) in [4.78, 5) is 23.0.